The van der Waals surface area contributed by atoms with Gasteiger partial charge in [0.05, 0.1) is 9.40 Å². The Bertz CT molecular complexity index is 537. The predicted molar refractivity (Wildman–Crippen MR) is 80.6 cm³/mol. The first-order chi connectivity index (χ1) is 9.81. The van der Waals surface area contributed by atoms with Gasteiger partial charge >= 0.3 is 11.7 Å². The quantitative estimate of drug-likeness (QED) is 0.545. The van der Waals surface area contributed by atoms with E-state index in [0.29, 0.717) is 11.0 Å². The number of para-hydroxylation sites is 1. The number of aliphatic carboxylic acids is 1. The minimum absolute atomic E-state index is 0.0215. The lowest BCUT2D eigenvalue weighted by molar-refractivity contribution is -0.386. The fourth-order valence-corrected chi connectivity index (χ4v) is 2.06. The summed E-state index contributed by atoms with van der Waals surface area (Å²) in [7, 11) is 0. The van der Waals surface area contributed by atoms with Crippen LogP contribution in [0.4, 0.5) is 5.69 Å². The Morgan fingerprint density at radius 1 is 1.57 bits per heavy atom. The van der Waals surface area contributed by atoms with Crippen LogP contribution in [-0.2, 0) is 4.79 Å². The molecular weight excluding hydrogens is 344 g/mol. The summed E-state index contributed by atoms with van der Waals surface area (Å²) in [4.78, 5) is 21.8. The molecule has 116 valence electrons. The zero-order valence-corrected chi connectivity index (χ0v) is 13.3. The maximum Gasteiger partial charge on any atom is 0.327 e. The second-order valence-electron chi connectivity index (χ2n) is 4.70. The Balaban J connectivity index is 2.95. The molecular formula is C13H17BrN2O5. The predicted octanol–water partition coefficient (Wildman–Crippen LogP) is 2.58. The van der Waals surface area contributed by atoms with E-state index in [1.807, 2.05) is 6.92 Å². The molecule has 2 N–H and O–H groups in total. The first-order valence-corrected chi connectivity index (χ1v) is 7.15. The molecule has 0 heterocycles. The van der Waals surface area contributed by atoms with Crippen molar-refractivity contribution < 1.29 is 19.6 Å². The average molecular weight is 361 g/mol. The number of hydrogen-bond donors (Lipinski definition) is 2. The van der Waals surface area contributed by atoms with E-state index in [4.69, 9.17) is 4.74 Å². The van der Waals surface area contributed by atoms with Crippen LogP contribution in [0.5, 0.6) is 5.75 Å². The number of carboxylic acids is 1. The van der Waals surface area contributed by atoms with Gasteiger partial charge in [-0.1, -0.05) is 13.0 Å². The molecule has 0 saturated heterocycles. The summed E-state index contributed by atoms with van der Waals surface area (Å²) in [5.41, 5.74) is -1.54. The normalized spacial score (nSPS) is 13.5. The number of nitro groups is 1. The third-order valence-electron chi connectivity index (χ3n) is 2.89. The van der Waals surface area contributed by atoms with Gasteiger partial charge < -0.3 is 9.84 Å². The molecule has 1 atom stereocenters. The van der Waals surface area contributed by atoms with Gasteiger partial charge in [0.2, 0.25) is 5.75 Å². The van der Waals surface area contributed by atoms with Gasteiger partial charge in [-0.3, -0.25) is 20.2 Å². The number of carboxylic acid groups (broad SMARTS) is 1. The van der Waals surface area contributed by atoms with E-state index < -0.39 is 16.4 Å². The monoisotopic (exact) mass is 360 g/mol. The van der Waals surface area contributed by atoms with Crippen molar-refractivity contribution in [2.75, 3.05) is 13.2 Å². The maximum atomic E-state index is 11.4. The highest BCUT2D eigenvalue weighted by atomic mass is 79.9. The van der Waals surface area contributed by atoms with Gasteiger partial charge in [0, 0.05) is 6.07 Å². The molecule has 21 heavy (non-hydrogen) atoms. The molecule has 0 aliphatic heterocycles. The van der Waals surface area contributed by atoms with Crippen LogP contribution in [0.25, 0.3) is 0 Å². The number of halogens is 1. The van der Waals surface area contributed by atoms with E-state index in [9.17, 15) is 20.0 Å². The number of rotatable bonds is 8. The summed E-state index contributed by atoms with van der Waals surface area (Å²) in [5, 5.41) is 23.1. The summed E-state index contributed by atoms with van der Waals surface area (Å²) >= 11 is 3.18. The summed E-state index contributed by atoms with van der Waals surface area (Å²) in [6.07, 6.45) is 0.762. The van der Waals surface area contributed by atoms with Gasteiger partial charge in [-0.15, -0.1) is 0 Å². The van der Waals surface area contributed by atoms with E-state index >= 15 is 0 Å². The van der Waals surface area contributed by atoms with E-state index in [1.165, 1.54) is 19.1 Å². The Morgan fingerprint density at radius 3 is 2.76 bits per heavy atom. The molecule has 1 rings (SSSR count). The molecule has 0 bridgehead atoms. The van der Waals surface area contributed by atoms with Crippen molar-refractivity contribution in [2.45, 2.75) is 25.8 Å². The van der Waals surface area contributed by atoms with Gasteiger partial charge in [-0.05, 0) is 41.9 Å². The number of carbonyl (C=O) groups is 1. The van der Waals surface area contributed by atoms with Crippen LogP contribution in [0.2, 0.25) is 0 Å². The molecule has 0 spiro atoms. The minimum Gasteiger partial charge on any atom is -0.483 e. The van der Waals surface area contributed by atoms with Crippen LogP contribution >= 0.6 is 15.9 Å². The van der Waals surface area contributed by atoms with Crippen LogP contribution < -0.4 is 10.1 Å². The minimum atomic E-state index is -1.32. The second-order valence-corrected chi connectivity index (χ2v) is 5.55. The molecule has 0 aliphatic carbocycles. The van der Waals surface area contributed by atoms with Crippen LogP contribution in [0.1, 0.15) is 20.3 Å². The van der Waals surface area contributed by atoms with Gasteiger partial charge in [0.1, 0.15) is 12.1 Å². The van der Waals surface area contributed by atoms with Crippen molar-refractivity contribution in [1.29, 1.82) is 0 Å². The summed E-state index contributed by atoms with van der Waals surface area (Å²) < 4.78 is 5.82. The van der Waals surface area contributed by atoms with E-state index in [1.54, 1.807) is 6.07 Å². The van der Waals surface area contributed by atoms with Crippen molar-refractivity contribution in [1.82, 2.24) is 5.32 Å². The maximum absolute atomic E-state index is 11.4. The Hall–Kier alpha value is -1.67. The smallest absolute Gasteiger partial charge is 0.327 e. The SMILES string of the molecule is CCCNC(C)(COc1c(Br)cccc1[N+](=O)[O-])C(=O)O. The lowest BCUT2D eigenvalue weighted by Gasteiger charge is -2.26. The van der Waals surface area contributed by atoms with Crippen molar-refractivity contribution in [2.24, 2.45) is 0 Å². The van der Waals surface area contributed by atoms with E-state index in [0.717, 1.165) is 6.42 Å². The third-order valence-corrected chi connectivity index (χ3v) is 3.51. The van der Waals surface area contributed by atoms with E-state index in [2.05, 4.69) is 21.2 Å². The van der Waals surface area contributed by atoms with Gasteiger partial charge in [0.15, 0.2) is 0 Å². The number of hydrogen-bond acceptors (Lipinski definition) is 5. The van der Waals surface area contributed by atoms with Crippen molar-refractivity contribution in [3.63, 3.8) is 0 Å². The van der Waals surface area contributed by atoms with Gasteiger partial charge in [-0.25, -0.2) is 0 Å². The molecule has 0 saturated carbocycles. The topological polar surface area (TPSA) is 102 Å². The van der Waals surface area contributed by atoms with Crippen molar-refractivity contribution in [3.05, 3.63) is 32.8 Å². The molecule has 0 radical (unpaired) electrons. The molecule has 1 aromatic rings. The van der Waals surface area contributed by atoms with Crippen LogP contribution in [0.15, 0.2) is 22.7 Å². The van der Waals surface area contributed by atoms with Crippen molar-refractivity contribution in [3.8, 4) is 5.75 Å². The fourth-order valence-electron chi connectivity index (χ4n) is 1.59. The lowest BCUT2D eigenvalue weighted by atomic mass is 10.0. The fraction of sp³-hybridized carbons (Fsp3) is 0.462. The highest BCUT2D eigenvalue weighted by Crippen LogP contribution is 2.35. The summed E-state index contributed by atoms with van der Waals surface area (Å²) in [6.45, 7) is 3.67. The average Bonchev–Trinajstić information content (AvgIpc) is 2.43. The zero-order valence-electron chi connectivity index (χ0n) is 11.8. The Kier molecular flexibility index (Phi) is 6.10. The third kappa shape index (κ3) is 4.40. The highest BCUT2D eigenvalue weighted by molar-refractivity contribution is 9.10. The molecule has 1 unspecified atom stereocenters. The summed E-state index contributed by atoms with van der Waals surface area (Å²) in [6, 6.07) is 4.42. The number of nitro benzene ring substituents is 1. The number of nitrogens with one attached hydrogen (secondary N) is 1. The standard InChI is InChI=1S/C13H17BrN2O5/c1-3-7-15-13(2,12(17)18)8-21-11-9(14)5-4-6-10(11)16(19)20/h4-6,15H,3,7-8H2,1-2H3,(H,17,18). The zero-order chi connectivity index (χ0) is 16.0. The molecule has 0 amide bonds. The van der Waals surface area contributed by atoms with Crippen molar-refractivity contribution >= 4 is 27.6 Å². The molecule has 0 aliphatic rings. The molecule has 8 heteroatoms. The largest absolute Gasteiger partial charge is 0.483 e. The summed E-state index contributed by atoms with van der Waals surface area (Å²) in [5.74, 6) is -1.06. The Morgan fingerprint density at radius 2 is 2.24 bits per heavy atom. The van der Waals surface area contributed by atoms with Crippen LogP contribution in [0, 0.1) is 10.1 Å². The molecule has 1 aromatic carbocycles. The van der Waals surface area contributed by atoms with Gasteiger partial charge in [0.25, 0.3) is 0 Å². The van der Waals surface area contributed by atoms with Gasteiger partial charge in [-0.2, -0.15) is 0 Å². The molecule has 7 nitrogen and oxygen atoms in total. The molecule has 0 aromatic heterocycles. The first-order valence-electron chi connectivity index (χ1n) is 6.36. The first kappa shape index (κ1) is 17.4. The number of benzene rings is 1. The lowest BCUT2D eigenvalue weighted by Crippen LogP contribution is -2.54. The van der Waals surface area contributed by atoms with Crippen LogP contribution in [-0.4, -0.2) is 34.7 Å². The highest BCUT2D eigenvalue weighted by Gasteiger charge is 2.34. The molecule has 0 fully saturated rings. The number of nitrogens with zero attached hydrogens (tertiary/aromatic N) is 1. The second kappa shape index (κ2) is 7.37. The van der Waals surface area contributed by atoms with Crippen LogP contribution in [0.3, 0.4) is 0 Å². The Labute approximate surface area is 130 Å². The van der Waals surface area contributed by atoms with E-state index in [-0.39, 0.29) is 18.0 Å². The number of ether oxygens (including phenoxy) is 1.